The summed E-state index contributed by atoms with van der Waals surface area (Å²) in [7, 11) is 0. The van der Waals surface area contributed by atoms with Crippen molar-refractivity contribution in [1.82, 2.24) is 15.2 Å². The Morgan fingerprint density at radius 3 is 3.20 bits per heavy atom. The molecule has 7 heteroatoms. The van der Waals surface area contributed by atoms with Crippen LogP contribution >= 0.6 is 11.3 Å². The van der Waals surface area contributed by atoms with Crippen LogP contribution in [0.5, 0.6) is 0 Å². The summed E-state index contributed by atoms with van der Waals surface area (Å²) in [6.07, 6.45) is 1.60. The lowest BCUT2D eigenvalue weighted by atomic mass is 10.2. The monoisotopic (exact) mass is 292 g/mol. The van der Waals surface area contributed by atoms with Crippen molar-refractivity contribution in [2.24, 2.45) is 0 Å². The molecule has 1 aliphatic heterocycles. The zero-order chi connectivity index (χ0) is 14.1. The molecule has 0 aliphatic carbocycles. The minimum atomic E-state index is -0.201. The number of hydrogen-bond donors (Lipinski definition) is 2. The average Bonchev–Trinajstić information content (AvgIpc) is 3.10. The number of aromatic nitrogens is 1. The summed E-state index contributed by atoms with van der Waals surface area (Å²) in [6, 6.07) is 3.44. The van der Waals surface area contributed by atoms with Crippen molar-refractivity contribution in [3.63, 3.8) is 0 Å². The lowest BCUT2D eigenvalue weighted by Gasteiger charge is -2.22. The van der Waals surface area contributed by atoms with Gasteiger partial charge in [0.2, 0.25) is 5.91 Å². The summed E-state index contributed by atoms with van der Waals surface area (Å²) >= 11 is 1.50. The molecule has 106 valence electrons. The largest absolute Gasteiger partial charge is 0.467 e. The number of nitrogens with one attached hydrogen (secondary N) is 1. The van der Waals surface area contributed by atoms with Crippen LogP contribution in [-0.4, -0.2) is 21.8 Å². The summed E-state index contributed by atoms with van der Waals surface area (Å²) in [4.78, 5) is 19.7. The average molecular weight is 292 g/mol. The highest BCUT2D eigenvalue weighted by molar-refractivity contribution is 7.15. The van der Waals surface area contributed by atoms with Gasteiger partial charge in [0.05, 0.1) is 24.5 Å². The van der Waals surface area contributed by atoms with Crippen LogP contribution in [0.1, 0.15) is 23.3 Å². The van der Waals surface area contributed by atoms with Gasteiger partial charge in [-0.25, -0.2) is 4.98 Å². The molecule has 0 bridgehead atoms. The maximum absolute atomic E-state index is 12.1. The third-order valence-electron chi connectivity index (χ3n) is 3.44. The highest BCUT2D eigenvalue weighted by atomic mass is 32.1. The van der Waals surface area contributed by atoms with E-state index in [9.17, 15) is 4.79 Å². The molecule has 1 aliphatic rings. The molecule has 6 nitrogen and oxygen atoms in total. The van der Waals surface area contributed by atoms with E-state index in [2.05, 4.69) is 15.2 Å². The van der Waals surface area contributed by atoms with E-state index in [4.69, 9.17) is 10.2 Å². The molecule has 0 radical (unpaired) electrons. The summed E-state index contributed by atoms with van der Waals surface area (Å²) in [6.45, 7) is 3.73. The van der Waals surface area contributed by atoms with Gasteiger partial charge in [-0.05, 0) is 19.1 Å². The standard InChI is InChI=1S/C13H16N4O2S/c1-8(12(18)15-5-9-3-2-4-19-9)17-6-10-11(7-17)20-13(14)16-10/h2-4,8H,5-7H2,1H3,(H2,14,16)(H,15,18). The Morgan fingerprint density at radius 1 is 1.65 bits per heavy atom. The van der Waals surface area contributed by atoms with Crippen LogP contribution in [0, 0.1) is 0 Å². The molecule has 3 heterocycles. The number of nitrogens with zero attached hydrogens (tertiary/aromatic N) is 2. The number of anilines is 1. The van der Waals surface area contributed by atoms with Gasteiger partial charge in [0, 0.05) is 18.0 Å². The number of hydrogen-bond acceptors (Lipinski definition) is 6. The normalized spacial score (nSPS) is 16.1. The van der Waals surface area contributed by atoms with Crippen molar-refractivity contribution < 1.29 is 9.21 Å². The summed E-state index contributed by atoms with van der Waals surface area (Å²) in [5.74, 6) is 0.741. The van der Waals surface area contributed by atoms with Gasteiger partial charge in [-0.2, -0.15) is 0 Å². The second kappa shape index (κ2) is 5.26. The predicted molar refractivity (Wildman–Crippen MR) is 75.8 cm³/mol. The molecule has 1 atom stereocenters. The van der Waals surface area contributed by atoms with Gasteiger partial charge < -0.3 is 15.5 Å². The molecule has 1 amide bonds. The number of amides is 1. The minimum Gasteiger partial charge on any atom is -0.467 e. The fraction of sp³-hybridized carbons (Fsp3) is 0.385. The zero-order valence-electron chi connectivity index (χ0n) is 11.1. The Labute approximate surface area is 120 Å². The molecule has 3 N–H and O–H groups in total. The number of carbonyl (C=O) groups excluding carboxylic acids is 1. The van der Waals surface area contributed by atoms with Crippen molar-refractivity contribution in [2.45, 2.75) is 32.6 Å². The third-order valence-corrected chi connectivity index (χ3v) is 4.35. The smallest absolute Gasteiger partial charge is 0.237 e. The summed E-state index contributed by atoms with van der Waals surface area (Å²) in [5, 5.41) is 3.48. The van der Waals surface area contributed by atoms with Gasteiger partial charge in [0.1, 0.15) is 5.76 Å². The molecule has 1 unspecified atom stereocenters. The number of thiazole rings is 1. The molecule has 0 aromatic carbocycles. The second-order valence-corrected chi connectivity index (χ2v) is 5.92. The SMILES string of the molecule is CC(C(=O)NCc1ccco1)N1Cc2nc(N)sc2C1. The number of rotatable bonds is 4. The van der Waals surface area contributed by atoms with Crippen molar-refractivity contribution >= 4 is 22.4 Å². The summed E-state index contributed by atoms with van der Waals surface area (Å²) in [5.41, 5.74) is 6.67. The Kier molecular flexibility index (Phi) is 3.45. The quantitative estimate of drug-likeness (QED) is 0.888. The van der Waals surface area contributed by atoms with E-state index in [1.54, 1.807) is 12.3 Å². The molecule has 0 saturated carbocycles. The van der Waals surface area contributed by atoms with E-state index in [1.165, 1.54) is 11.3 Å². The molecular weight excluding hydrogens is 276 g/mol. The van der Waals surface area contributed by atoms with E-state index in [-0.39, 0.29) is 11.9 Å². The van der Waals surface area contributed by atoms with Gasteiger partial charge in [-0.15, -0.1) is 11.3 Å². The van der Waals surface area contributed by atoms with Crippen LogP contribution < -0.4 is 11.1 Å². The first-order chi connectivity index (χ1) is 9.63. The van der Waals surface area contributed by atoms with Gasteiger partial charge in [-0.1, -0.05) is 0 Å². The molecular formula is C13H16N4O2S. The molecule has 0 spiro atoms. The van der Waals surface area contributed by atoms with E-state index in [0.717, 1.165) is 22.9 Å². The molecule has 0 saturated heterocycles. The topological polar surface area (TPSA) is 84.4 Å². The van der Waals surface area contributed by atoms with Gasteiger partial charge in [0.15, 0.2) is 5.13 Å². The number of fused-ring (bicyclic) bond motifs is 1. The fourth-order valence-electron chi connectivity index (χ4n) is 2.26. The Bertz CT molecular complexity index is 584. The van der Waals surface area contributed by atoms with Crippen LogP contribution in [0.3, 0.4) is 0 Å². The Balaban J connectivity index is 1.55. The summed E-state index contributed by atoms with van der Waals surface area (Å²) < 4.78 is 5.19. The first-order valence-corrected chi connectivity index (χ1v) is 7.23. The molecule has 0 fully saturated rings. The van der Waals surface area contributed by atoms with Crippen LogP contribution in [0.15, 0.2) is 22.8 Å². The first-order valence-electron chi connectivity index (χ1n) is 6.41. The highest BCUT2D eigenvalue weighted by Crippen LogP contribution is 2.30. The highest BCUT2D eigenvalue weighted by Gasteiger charge is 2.29. The maximum atomic E-state index is 12.1. The van der Waals surface area contributed by atoms with Crippen molar-refractivity contribution in [1.29, 1.82) is 0 Å². The van der Waals surface area contributed by atoms with Crippen molar-refractivity contribution in [3.05, 3.63) is 34.7 Å². The Hall–Kier alpha value is -1.86. The first kappa shape index (κ1) is 13.1. The van der Waals surface area contributed by atoms with E-state index >= 15 is 0 Å². The van der Waals surface area contributed by atoms with Crippen LogP contribution in [0.4, 0.5) is 5.13 Å². The van der Waals surface area contributed by atoms with Crippen LogP contribution in [0.2, 0.25) is 0 Å². The maximum Gasteiger partial charge on any atom is 0.237 e. The molecule has 2 aromatic rings. The second-order valence-electron chi connectivity index (χ2n) is 4.80. The van der Waals surface area contributed by atoms with Gasteiger partial charge >= 0.3 is 0 Å². The number of nitrogen functional groups attached to an aromatic ring is 1. The molecule has 3 rings (SSSR count). The fourth-order valence-corrected chi connectivity index (χ4v) is 3.12. The van der Waals surface area contributed by atoms with E-state index < -0.39 is 0 Å². The minimum absolute atomic E-state index is 0.00970. The molecule has 20 heavy (non-hydrogen) atoms. The number of nitrogens with two attached hydrogens (primary N) is 1. The Morgan fingerprint density at radius 2 is 2.50 bits per heavy atom. The lowest BCUT2D eigenvalue weighted by Crippen LogP contribution is -2.42. The van der Waals surface area contributed by atoms with E-state index in [1.807, 2.05) is 13.0 Å². The molecule has 2 aromatic heterocycles. The van der Waals surface area contributed by atoms with Crippen molar-refractivity contribution in [2.75, 3.05) is 5.73 Å². The van der Waals surface area contributed by atoms with Crippen LogP contribution in [-0.2, 0) is 24.4 Å². The predicted octanol–water partition coefficient (Wildman–Crippen LogP) is 1.34. The zero-order valence-corrected chi connectivity index (χ0v) is 11.9. The number of carbonyl (C=O) groups is 1. The lowest BCUT2D eigenvalue weighted by molar-refractivity contribution is -0.126. The van der Waals surface area contributed by atoms with Gasteiger partial charge in [-0.3, -0.25) is 9.69 Å². The number of furan rings is 1. The van der Waals surface area contributed by atoms with Gasteiger partial charge in [0.25, 0.3) is 0 Å². The van der Waals surface area contributed by atoms with Crippen molar-refractivity contribution in [3.8, 4) is 0 Å². The van der Waals surface area contributed by atoms with E-state index in [0.29, 0.717) is 18.2 Å². The van der Waals surface area contributed by atoms with Crippen LogP contribution in [0.25, 0.3) is 0 Å². The third kappa shape index (κ3) is 2.54.